The Kier molecular flexibility index (Phi) is 10.9. The number of alkyl halides is 1. The van der Waals surface area contributed by atoms with Gasteiger partial charge in [-0.2, -0.15) is 0 Å². The van der Waals surface area contributed by atoms with Crippen LogP contribution in [0, 0.1) is 0 Å². The zero-order valence-electron chi connectivity index (χ0n) is 21.8. The first kappa shape index (κ1) is 28.5. The van der Waals surface area contributed by atoms with Gasteiger partial charge < -0.3 is 34.7 Å². The first-order chi connectivity index (χ1) is 18.4. The number of urea groups is 1. The normalized spacial score (nSPS) is 11.6. The third-order valence-corrected chi connectivity index (χ3v) is 5.89. The van der Waals surface area contributed by atoms with Gasteiger partial charge in [0.25, 0.3) is 0 Å². The van der Waals surface area contributed by atoms with Crippen molar-refractivity contribution in [2.45, 2.75) is 32.9 Å². The molecule has 11 heteroatoms. The zero-order chi connectivity index (χ0) is 27.3. The molecule has 3 N–H and O–H groups in total. The van der Waals surface area contributed by atoms with E-state index in [1.54, 1.807) is 48.7 Å². The second-order valence-electron chi connectivity index (χ2n) is 8.41. The van der Waals surface area contributed by atoms with Crippen molar-refractivity contribution in [3.63, 3.8) is 0 Å². The van der Waals surface area contributed by atoms with Crippen molar-refractivity contribution >= 4 is 23.5 Å². The number of nitrogens with one attached hydrogen (secondary N) is 3. The quantitative estimate of drug-likeness (QED) is 0.276. The molecule has 0 saturated heterocycles. The molecule has 2 aromatic carbocycles. The van der Waals surface area contributed by atoms with E-state index in [0.29, 0.717) is 41.4 Å². The number of ether oxygens (including phenoxy) is 2. The summed E-state index contributed by atoms with van der Waals surface area (Å²) in [7, 11) is 1.53. The maximum atomic E-state index is 13.3. The number of halogens is 1. The van der Waals surface area contributed by atoms with Gasteiger partial charge >= 0.3 is 12.1 Å². The number of alkyl carbamates (subject to hydrolysis) is 1. The molecule has 0 bridgehead atoms. The Morgan fingerprint density at radius 1 is 1.11 bits per heavy atom. The van der Waals surface area contributed by atoms with E-state index in [2.05, 4.69) is 25.8 Å². The highest BCUT2D eigenvalue weighted by Gasteiger charge is 2.16. The number of oxazole rings is 1. The molecule has 38 heavy (non-hydrogen) atoms. The number of hydrogen-bond acceptors (Lipinski definition) is 7. The van der Waals surface area contributed by atoms with Crippen LogP contribution in [0.4, 0.5) is 25.4 Å². The zero-order valence-corrected chi connectivity index (χ0v) is 21.8. The Morgan fingerprint density at radius 3 is 2.53 bits per heavy atom. The summed E-state index contributed by atoms with van der Waals surface area (Å²) in [5, 5.41) is 8.15. The molecule has 3 amide bonds. The molecule has 1 unspecified atom stereocenters. The Balaban J connectivity index is 1.50. The van der Waals surface area contributed by atoms with E-state index in [-0.39, 0.29) is 6.54 Å². The lowest BCUT2D eigenvalue weighted by Crippen LogP contribution is -2.33. The number of amides is 3. The summed E-state index contributed by atoms with van der Waals surface area (Å²) >= 11 is 0. The van der Waals surface area contributed by atoms with E-state index >= 15 is 0 Å². The number of hydrogen-bond donors (Lipinski definition) is 3. The number of anilines is 2. The Hall–Kier alpha value is -4.12. The monoisotopic (exact) mass is 527 g/mol. The number of benzene rings is 2. The average Bonchev–Trinajstić information content (AvgIpc) is 3.46. The highest BCUT2D eigenvalue weighted by Crippen LogP contribution is 2.32. The Bertz CT molecular complexity index is 1170. The molecule has 1 atom stereocenters. The van der Waals surface area contributed by atoms with Gasteiger partial charge in [-0.25, -0.2) is 19.0 Å². The molecule has 204 valence electrons. The van der Waals surface area contributed by atoms with Crippen LogP contribution in [-0.2, 0) is 11.3 Å². The summed E-state index contributed by atoms with van der Waals surface area (Å²) < 4.78 is 29.3. The number of nitrogens with zero attached hydrogens (tertiary/aromatic N) is 2. The lowest BCUT2D eigenvalue weighted by molar-refractivity contribution is 0.0691. The summed E-state index contributed by atoms with van der Waals surface area (Å²) in [5.41, 5.74) is 2.49. The first-order valence-corrected chi connectivity index (χ1v) is 12.4. The predicted octanol–water partition coefficient (Wildman–Crippen LogP) is 5.29. The van der Waals surface area contributed by atoms with Gasteiger partial charge in [0, 0.05) is 30.5 Å². The summed E-state index contributed by atoms with van der Waals surface area (Å²) in [6.07, 6.45) is 1.85. The van der Waals surface area contributed by atoms with Crippen LogP contribution in [0.1, 0.15) is 25.8 Å². The summed E-state index contributed by atoms with van der Waals surface area (Å²) in [6, 6.07) is 11.7. The van der Waals surface area contributed by atoms with Crippen LogP contribution >= 0.6 is 0 Å². The standard InChI is InChI=1S/C27H34FN5O5/c1-4-33(5-2)12-11-22(15-28)38-27(35)30-16-19-7-6-8-20(13-19)31-26(34)32-21-9-10-23(24(14-21)36-3)25-17-29-18-37-25/h6-10,13-14,17-18,22H,4-5,11-12,15-16H2,1-3H3,(H,30,35)(H2,31,32,34). The van der Waals surface area contributed by atoms with Crippen molar-refractivity contribution in [3.8, 4) is 17.1 Å². The molecule has 0 saturated carbocycles. The fraction of sp³-hybridized carbons (Fsp3) is 0.370. The number of carbonyl (C=O) groups is 2. The fourth-order valence-electron chi connectivity index (χ4n) is 3.78. The summed E-state index contributed by atoms with van der Waals surface area (Å²) in [4.78, 5) is 30.8. The number of methoxy groups -OCH3 is 1. The lowest BCUT2D eigenvalue weighted by Gasteiger charge is -2.21. The molecule has 3 rings (SSSR count). The van der Waals surface area contributed by atoms with E-state index in [4.69, 9.17) is 13.9 Å². The largest absolute Gasteiger partial charge is 0.496 e. The molecule has 0 radical (unpaired) electrons. The molecule has 1 aromatic heterocycles. The minimum atomic E-state index is -0.796. The molecule has 0 spiro atoms. The SMILES string of the molecule is CCN(CC)CCC(CF)OC(=O)NCc1cccc(NC(=O)Nc2ccc(-c3cnco3)c(OC)c2)c1. The number of rotatable bonds is 13. The van der Waals surface area contributed by atoms with Crippen molar-refractivity contribution in [1.29, 1.82) is 0 Å². The molecule has 0 fully saturated rings. The van der Waals surface area contributed by atoms with E-state index in [0.717, 1.165) is 18.7 Å². The van der Waals surface area contributed by atoms with E-state index in [1.807, 2.05) is 13.8 Å². The van der Waals surface area contributed by atoms with Crippen LogP contribution in [0.15, 0.2) is 59.5 Å². The molecule has 0 aliphatic heterocycles. The van der Waals surface area contributed by atoms with Gasteiger partial charge in [0.15, 0.2) is 12.2 Å². The average molecular weight is 528 g/mol. The first-order valence-electron chi connectivity index (χ1n) is 12.4. The van der Waals surface area contributed by atoms with Crippen LogP contribution in [0.25, 0.3) is 11.3 Å². The maximum Gasteiger partial charge on any atom is 0.407 e. The highest BCUT2D eigenvalue weighted by atomic mass is 19.1. The third-order valence-electron chi connectivity index (χ3n) is 5.89. The van der Waals surface area contributed by atoms with Gasteiger partial charge in [-0.05, 0) is 49.3 Å². The van der Waals surface area contributed by atoms with Gasteiger partial charge in [-0.3, -0.25) is 0 Å². The molecule has 3 aromatic rings. The smallest absolute Gasteiger partial charge is 0.407 e. The summed E-state index contributed by atoms with van der Waals surface area (Å²) in [5.74, 6) is 1.06. The van der Waals surface area contributed by atoms with Crippen LogP contribution in [0.3, 0.4) is 0 Å². The van der Waals surface area contributed by atoms with Gasteiger partial charge in [0.05, 0.1) is 18.9 Å². The van der Waals surface area contributed by atoms with Gasteiger partial charge in [0.1, 0.15) is 18.5 Å². The van der Waals surface area contributed by atoms with Crippen LogP contribution in [0.2, 0.25) is 0 Å². The van der Waals surface area contributed by atoms with E-state index < -0.39 is 24.9 Å². The molecular weight excluding hydrogens is 493 g/mol. The fourth-order valence-corrected chi connectivity index (χ4v) is 3.78. The van der Waals surface area contributed by atoms with Crippen molar-refractivity contribution in [3.05, 3.63) is 60.6 Å². The van der Waals surface area contributed by atoms with Crippen molar-refractivity contribution in [1.82, 2.24) is 15.2 Å². The topological polar surface area (TPSA) is 118 Å². The maximum absolute atomic E-state index is 13.3. The minimum Gasteiger partial charge on any atom is -0.496 e. The van der Waals surface area contributed by atoms with Crippen LogP contribution in [0.5, 0.6) is 5.75 Å². The molecule has 1 heterocycles. The van der Waals surface area contributed by atoms with Crippen molar-refractivity contribution in [2.24, 2.45) is 0 Å². The Labute approximate surface area is 221 Å². The minimum absolute atomic E-state index is 0.158. The predicted molar refractivity (Wildman–Crippen MR) is 143 cm³/mol. The molecule has 0 aliphatic rings. The van der Waals surface area contributed by atoms with Gasteiger partial charge in [0.2, 0.25) is 0 Å². The van der Waals surface area contributed by atoms with Crippen LogP contribution in [-0.4, -0.2) is 61.5 Å². The molecular formula is C27H34FN5O5. The molecule has 10 nitrogen and oxygen atoms in total. The van der Waals surface area contributed by atoms with E-state index in [9.17, 15) is 14.0 Å². The van der Waals surface area contributed by atoms with Crippen molar-refractivity contribution < 1.29 is 27.9 Å². The number of aromatic nitrogens is 1. The number of carbonyl (C=O) groups excluding carboxylic acids is 2. The van der Waals surface area contributed by atoms with E-state index in [1.165, 1.54) is 13.5 Å². The molecule has 0 aliphatic carbocycles. The van der Waals surface area contributed by atoms with Crippen LogP contribution < -0.4 is 20.7 Å². The van der Waals surface area contributed by atoms with Crippen molar-refractivity contribution in [2.75, 3.05) is 44.1 Å². The summed E-state index contributed by atoms with van der Waals surface area (Å²) in [6.45, 7) is 5.85. The third kappa shape index (κ3) is 8.48. The highest BCUT2D eigenvalue weighted by molar-refractivity contribution is 6.00. The second-order valence-corrected chi connectivity index (χ2v) is 8.41. The van der Waals surface area contributed by atoms with Gasteiger partial charge in [-0.1, -0.05) is 26.0 Å². The van der Waals surface area contributed by atoms with Gasteiger partial charge in [-0.15, -0.1) is 0 Å². The lowest BCUT2D eigenvalue weighted by atomic mass is 10.1. The second kappa shape index (κ2) is 14.6. The Morgan fingerprint density at radius 2 is 1.87 bits per heavy atom.